The molecule has 2 heterocycles. The Balaban J connectivity index is 1.88. The van der Waals surface area contributed by atoms with Gasteiger partial charge in [0.2, 0.25) is 5.91 Å². The molecule has 3 N–H and O–H groups in total. The number of fused-ring (bicyclic) bond motifs is 1. The van der Waals surface area contributed by atoms with Gasteiger partial charge in [-0.15, -0.1) is 0 Å². The first kappa shape index (κ1) is 11.2. The number of nitrogens with zero attached hydrogens (tertiary/aromatic N) is 2. The third-order valence-electron chi connectivity index (χ3n) is 2.65. The van der Waals surface area contributed by atoms with Gasteiger partial charge in [0.15, 0.2) is 5.16 Å². The molecule has 0 saturated heterocycles. The molecule has 0 aliphatic carbocycles. The van der Waals surface area contributed by atoms with Crippen molar-refractivity contribution in [1.82, 2.24) is 9.97 Å². The summed E-state index contributed by atoms with van der Waals surface area (Å²) >= 11 is 1.44. The zero-order chi connectivity index (χ0) is 12.5. The quantitative estimate of drug-likeness (QED) is 0.799. The number of amides is 1. The van der Waals surface area contributed by atoms with Crippen LogP contribution in [-0.2, 0) is 4.79 Å². The van der Waals surface area contributed by atoms with E-state index < -0.39 is 6.04 Å². The smallest absolute Gasteiger partial charge is 0.245 e. The molecule has 1 aromatic heterocycles. The van der Waals surface area contributed by atoms with E-state index in [1.165, 1.54) is 11.8 Å². The van der Waals surface area contributed by atoms with Crippen LogP contribution in [0.3, 0.4) is 0 Å². The summed E-state index contributed by atoms with van der Waals surface area (Å²) in [4.78, 5) is 20.7. The fourth-order valence-corrected chi connectivity index (χ4v) is 2.52. The van der Waals surface area contributed by atoms with Gasteiger partial charge in [0.1, 0.15) is 6.04 Å². The van der Waals surface area contributed by atoms with E-state index in [1.54, 1.807) is 18.5 Å². The molecule has 0 spiro atoms. The first-order chi connectivity index (χ1) is 8.74. The minimum atomic E-state index is -0.563. The van der Waals surface area contributed by atoms with Crippen molar-refractivity contribution < 1.29 is 4.79 Å². The fourth-order valence-electron chi connectivity index (χ4n) is 1.77. The van der Waals surface area contributed by atoms with Gasteiger partial charge >= 0.3 is 0 Å². The average molecular weight is 258 g/mol. The van der Waals surface area contributed by atoms with Crippen molar-refractivity contribution in [2.75, 3.05) is 5.32 Å². The summed E-state index contributed by atoms with van der Waals surface area (Å²) < 4.78 is 0. The van der Waals surface area contributed by atoms with E-state index in [0.717, 1.165) is 16.1 Å². The number of anilines is 1. The maximum absolute atomic E-state index is 11.4. The fraction of sp³-hybridized carbons (Fsp3) is 0.0833. The number of aromatic nitrogens is 2. The van der Waals surface area contributed by atoms with Gasteiger partial charge in [-0.05, 0) is 30.0 Å². The van der Waals surface area contributed by atoms with E-state index in [0.29, 0.717) is 5.16 Å². The lowest BCUT2D eigenvalue weighted by Gasteiger charge is -2.04. The summed E-state index contributed by atoms with van der Waals surface area (Å²) in [5, 5.41) is 3.43. The Morgan fingerprint density at radius 1 is 1.28 bits per heavy atom. The summed E-state index contributed by atoms with van der Waals surface area (Å²) in [7, 11) is 0. The van der Waals surface area contributed by atoms with Gasteiger partial charge < -0.3 is 11.1 Å². The predicted molar refractivity (Wildman–Crippen MR) is 68.2 cm³/mol. The lowest BCUT2D eigenvalue weighted by Crippen LogP contribution is -2.19. The molecule has 2 aromatic rings. The molecule has 3 rings (SSSR count). The molecule has 0 saturated carbocycles. The first-order valence-electron chi connectivity index (χ1n) is 5.39. The predicted octanol–water partition coefficient (Wildman–Crippen LogP) is 1.58. The zero-order valence-electron chi connectivity index (χ0n) is 9.33. The Kier molecular flexibility index (Phi) is 2.73. The van der Waals surface area contributed by atoms with Gasteiger partial charge in [-0.25, -0.2) is 9.97 Å². The second-order valence-electron chi connectivity index (χ2n) is 3.85. The van der Waals surface area contributed by atoms with Gasteiger partial charge in [-0.2, -0.15) is 0 Å². The first-order valence-corrected chi connectivity index (χ1v) is 6.21. The standard InChI is InChI=1S/C12H10N4OS/c13-10-8-3-2-7(6-9(8)16-11(10)17)18-12-14-4-1-5-15-12/h1-6,10H,13H2,(H,16,17). The van der Waals surface area contributed by atoms with Crippen LogP contribution in [0.2, 0.25) is 0 Å². The largest absolute Gasteiger partial charge is 0.324 e. The van der Waals surface area contributed by atoms with E-state index in [9.17, 15) is 4.79 Å². The van der Waals surface area contributed by atoms with E-state index in [4.69, 9.17) is 5.73 Å². The Bertz CT molecular complexity index is 602. The summed E-state index contributed by atoms with van der Waals surface area (Å²) in [6.07, 6.45) is 3.39. The van der Waals surface area contributed by atoms with E-state index >= 15 is 0 Å². The van der Waals surface area contributed by atoms with Crippen molar-refractivity contribution in [3.8, 4) is 0 Å². The highest BCUT2D eigenvalue weighted by molar-refractivity contribution is 7.99. The summed E-state index contributed by atoms with van der Waals surface area (Å²) in [5.41, 5.74) is 7.35. The Morgan fingerprint density at radius 3 is 2.83 bits per heavy atom. The Labute approximate surface area is 108 Å². The molecular weight excluding hydrogens is 248 g/mol. The SMILES string of the molecule is NC1C(=O)Nc2cc(Sc3ncccn3)ccc21. The van der Waals surface area contributed by atoms with Crippen LogP contribution in [0.5, 0.6) is 0 Å². The Morgan fingerprint density at radius 2 is 2.06 bits per heavy atom. The number of nitrogens with one attached hydrogen (secondary N) is 1. The average Bonchev–Trinajstić information content (AvgIpc) is 2.66. The second kappa shape index (κ2) is 4.40. The van der Waals surface area contributed by atoms with Crippen LogP contribution in [0.1, 0.15) is 11.6 Å². The Hall–Kier alpha value is -1.92. The molecule has 0 radical (unpaired) electrons. The van der Waals surface area contributed by atoms with Gasteiger partial charge in [0.05, 0.1) is 0 Å². The number of nitrogens with two attached hydrogens (primary N) is 1. The number of benzene rings is 1. The van der Waals surface area contributed by atoms with Crippen LogP contribution in [0.25, 0.3) is 0 Å². The van der Waals surface area contributed by atoms with E-state index in [2.05, 4.69) is 15.3 Å². The van der Waals surface area contributed by atoms with Gasteiger partial charge in [0.25, 0.3) is 0 Å². The summed E-state index contributed by atoms with van der Waals surface area (Å²) in [5.74, 6) is -0.164. The topological polar surface area (TPSA) is 80.9 Å². The molecule has 0 fully saturated rings. The molecule has 90 valence electrons. The number of rotatable bonds is 2. The van der Waals surface area contributed by atoms with Crippen molar-refractivity contribution in [1.29, 1.82) is 0 Å². The molecule has 1 unspecified atom stereocenters. The van der Waals surface area contributed by atoms with Gasteiger partial charge in [-0.3, -0.25) is 4.79 Å². The second-order valence-corrected chi connectivity index (χ2v) is 4.89. The molecule has 18 heavy (non-hydrogen) atoms. The summed E-state index contributed by atoms with van der Waals surface area (Å²) in [6, 6.07) is 6.88. The van der Waals surface area contributed by atoms with Crippen LogP contribution >= 0.6 is 11.8 Å². The minimum absolute atomic E-state index is 0.164. The van der Waals surface area contributed by atoms with Crippen molar-refractivity contribution in [2.45, 2.75) is 16.1 Å². The highest BCUT2D eigenvalue weighted by Crippen LogP contribution is 2.34. The normalized spacial score (nSPS) is 17.4. The lowest BCUT2D eigenvalue weighted by atomic mass is 10.1. The molecule has 0 bridgehead atoms. The van der Waals surface area contributed by atoms with E-state index in [-0.39, 0.29) is 5.91 Å². The minimum Gasteiger partial charge on any atom is -0.324 e. The van der Waals surface area contributed by atoms with Crippen LogP contribution in [-0.4, -0.2) is 15.9 Å². The van der Waals surface area contributed by atoms with Crippen LogP contribution in [0.15, 0.2) is 46.7 Å². The zero-order valence-corrected chi connectivity index (χ0v) is 10.1. The lowest BCUT2D eigenvalue weighted by molar-refractivity contribution is -0.116. The van der Waals surface area contributed by atoms with Crippen molar-refractivity contribution >= 4 is 23.4 Å². The number of hydrogen-bond donors (Lipinski definition) is 2. The molecular formula is C12H10N4OS. The molecule has 5 nitrogen and oxygen atoms in total. The van der Waals surface area contributed by atoms with Crippen LogP contribution < -0.4 is 11.1 Å². The monoisotopic (exact) mass is 258 g/mol. The van der Waals surface area contributed by atoms with Gasteiger partial charge in [-0.1, -0.05) is 6.07 Å². The molecule has 6 heteroatoms. The molecule has 1 amide bonds. The number of carbonyl (C=O) groups excluding carboxylic acids is 1. The summed E-state index contributed by atoms with van der Waals surface area (Å²) in [6.45, 7) is 0. The molecule has 1 aliphatic heterocycles. The maximum Gasteiger partial charge on any atom is 0.245 e. The molecule has 1 aliphatic rings. The molecule has 1 aromatic carbocycles. The third kappa shape index (κ3) is 1.96. The third-order valence-corrected chi connectivity index (χ3v) is 3.53. The van der Waals surface area contributed by atoms with Crippen molar-refractivity contribution in [2.24, 2.45) is 5.73 Å². The van der Waals surface area contributed by atoms with E-state index in [1.807, 2.05) is 18.2 Å². The van der Waals surface area contributed by atoms with Crippen molar-refractivity contribution in [3.63, 3.8) is 0 Å². The molecule has 1 atom stereocenters. The number of hydrogen-bond acceptors (Lipinski definition) is 5. The van der Waals surface area contributed by atoms with Crippen LogP contribution in [0, 0.1) is 0 Å². The van der Waals surface area contributed by atoms with Crippen LogP contribution in [0.4, 0.5) is 5.69 Å². The number of carbonyl (C=O) groups is 1. The maximum atomic E-state index is 11.4. The van der Waals surface area contributed by atoms with Crippen molar-refractivity contribution in [3.05, 3.63) is 42.2 Å². The highest BCUT2D eigenvalue weighted by Gasteiger charge is 2.26. The van der Waals surface area contributed by atoms with Gasteiger partial charge in [0, 0.05) is 28.5 Å². The highest BCUT2D eigenvalue weighted by atomic mass is 32.2.